The van der Waals surface area contributed by atoms with Crippen molar-refractivity contribution in [1.29, 1.82) is 0 Å². The van der Waals surface area contributed by atoms with Gasteiger partial charge in [-0.05, 0) is 26.7 Å². The molecule has 0 bridgehead atoms. The van der Waals surface area contributed by atoms with E-state index < -0.39 is 5.60 Å². The highest BCUT2D eigenvalue weighted by atomic mass is 16.3. The zero-order valence-electron chi connectivity index (χ0n) is 11.3. The van der Waals surface area contributed by atoms with Crippen molar-refractivity contribution in [3.05, 3.63) is 18.0 Å². The minimum Gasteiger partial charge on any atom is -0.389 e. The van der Waals surface area contributed by atoms with E-state index in [1.165, 1.54) is 12.8 Å². The molecule has 0 atom stereocenters. The third-order valence-corrected chi connectivity index (χ3v) is 2.83. The number of nitrogens with zero attached hydrogens (tertiary/aromatic N) is 3. The van der Waals surface area contributed by atoms with E-state index in [2.05, 4.69) is 15.3 Å². The van der Waals surface area contributed by atoms with Crippen molar-refractivity contribution in [2.24, 2.45) is 0 Å². The normalized spacial score (nSPS) is 15.8. The predicted molar refractivity (Wildman–Crippen MR) is 71.5 cm³/mol. The van der Waals surface area contributed by atoms with Crippen LogP contribution in [0.2, 0.25) is 0 Å². The number of rotatable bonds is 6. The van der Waals surface area contributed by atoms with Crippen molar-refractivity contribution in [3.8, 4) is 0 Å². The summed E-state index contributed by atoms with van der Waals surface area (Å²) in [4.78, 5) is 10.5. The van der Waals surface area contributed by atoms with Crippen molar-refractivity contribution in [3.63, 3.8) is 0 Å². The Bertz CT molecular complexity index is 381. The molecule has 0 aliphatic heterocycles. The molecule has 1 aliphatic rings. The van der Waals surface area contributed by atoms with E-state index in [1.807, 2.05) is 24.3 Å². The van der Waals surface area contributed by atoms with Gasteiger partial charge in [0, 0.05) is 44.1 Å². The summed E-state index contributed by atoms with van der Waals surface area (Å²) in [6.45, 7) is 4.89. The van der Waals surface area contributed by atoms with Crippen LogP contribution >= 0.6 is 0 Å². The van der Waals surface area contributed by atoms with Gasteiger partial charge in [0.05, 0.1) is 5.60 Å². The zero-order valence-corrected chi connectivity index (χ0v) is 11.3. The molecule has 1 aliphatic carbocycles. The van der Waals surface area contributed by atoms with Crippen LogP contribution in [0.1, 0.15) is 32.3 Å². The van der Waals surface area contributed by atoms with Crippen molar-refractivity contribution in [2.75, 3.05) is 18.5 Å². The summed E-state index contributed by atoms with van der Waals surface area (Å²) in [7, 11) is 1.88. The summed E-state index contributed by atoms with van der Waals surface area (Å²) < 4.78 is 0. The van der Waals surface area contributed by atoms with Crippen molar-refractivity contribution in [1.82, 2.24) is 15.3 Å². The Morgan fingerprint density at radius 1 is 1.39 bits per heavy atom. The number of aromatic nitrogens is 2. The van der Waals surface area contributed by atoms with Crippen molar-refractivity contribution in [2.45, 2.75) is 44.9 Å². The van der Waals surface area contributed by atoms with E-state index in [9.17, 15) is 5.11 Å². The van der Waals surface area contributed by atoms with E-state index in [0.717, 1.165) is 12.1 Å². The summed E-state index contributed by atoms with van der Waals surface area (Å²) >= 11 is 0. The van der Waals surface area contributed by atoms with E-state index >= 15 is 0 Å². The summed E-state index contributed by atoms with van der Waals surface area (Å²) in [6, 6.07) is 0.697. The molecule has 1 aromatic heterocycles. The maximum atomic E-state index is 9.75. The lowest BCUT2D eigenvalue weighted by Gasteiger charge is -2.25. The van der Waals surface area contributed by atoms with E-state index in [-0.39, 0.29) is 0 Å². The minimum absolute atomic E-state index is 0.507. The first-order chi connectivity index (χ1) is 8.44. The van der Waals surface area contributed by atoms with Gasteiger partial charge in [0.1, 0.15) is 0 Å². The molecule has 0 amide bonds. The van der Waals surface area contributed by atoms with Crippen LogP contribution < -0.4 is 10.2 Å². The Hall–Kier alpha value is -1.20. The molecule has 2 rings (SSSR count). The van der Waals surface area contributed by atoms with Crippen LogP contribution in [0.5, 0.6) is 0 Å². The number of anilines is 1. The van der Waals surface area contributed by atoms with Crippen LogP contribution in [0.15, 0.2) is 12.4 Å². The van der Waals surface area contributed by atoms with Crippen LogP contribution in [-0.2, 0) is 6.54 Å². The minimum atomic E-state index is -0.746. The topological polar surface area (TPSA) is 61.3 Å². The van der Waals surface area contributed by atoms with Crippen LogP contribution in [0.25, 0.3) is 0 Å². The highest BCUT2D eigenvalue weighted by Crippen LogP contribution is 2.19. The molecular weight excluding hydrogens is 228 g/mol. The van der Waals surface area contributed by atoms with Crippen molar-refractivity contribution >= 4 is 5.95 Å². The predicted octanol–water partition coefficient (Wildman–Crippen LogP) is 0.936. The second kappa shape index (κ2) is 5.20. The van der Waals surface area contributed by atoms with Gasteiger partial charge in [0.2, 0.25) is 5.95 Å². The molecule has 1 aromatic rings. The standard InChI is InChI=1S/C13H22N4O/c1-13(2,18)9-17(3)12-15-7-10(8-16-12)6-14-11-4-5-11/h7-8,11,14,18H,4-6,9H2,1-3H3. The average molecular weight is 250 g/mol. The Labute approximate surface area is 108 Å². The summed E-state index contributed by atoms with van der Waals surface area (Å²) in [5.41, 5.74) is 0.354. The van der Waals surface area contributed by atoms with E-state index in [4.69, 9.17) is 0 Å². The second-order valence-corrected chi connectivity index (χ2v) is 5.71. The van der Waals surface area contributed by atoms with E-state index in [0.29, 0.717) is 18.5 Å². The fourth-order valence-electron chi connectivity index (χ4n) is 1.84. The van der Waals surface area contributed by atoms with Crippen LogP contribution in [0, 0.1) is 0 Å². The van der Waals surface area contributed by atoms with Gasteiger partial charge in [0.15, 0.2) is 0 Å². The SMILES string of the molecule is CN(CC(C)(C)O)c1ncc(CNC2CC2)cn1. The largest absolute Gasteiger partial charge is 0.389 e. The van der Waals surface area contributed by atoms with Crippen LogP contribution in [0.4, 0.5) is 5.95 Å². The summed E-state index contributed by atoms with van der Waals surface area (Å²) in [5, 5.41) is 13.2. The fraction of sp³-hybridized carbons (Fsp3) is 0.692. The van der Waals surface area contributed by atoms with Gasteiger partial charge in [-0.1, -0.05) is 0 Å². The first-order valence-corrected chi connectivity index (χ1v) is 6.42. The Kier molecular flexibility index (Phi) is 3.82. The molecule has 2 N–H and O–H groups in total. The highest BCUT2D eigenvalue weighted by molar-refractivity contribution is 5.29. The maximum Gasteiger partial charge on any atom is 0.225 e. The average Bonchev–Trinajstić information content (AvgIpc) is 3.08. The number of hydrogen-bond donors (Lipinski definition) is 2. The monoisotopic (exact) mass is 250 g/mol. The molecule has 0 radical (unpaired) electrons. The van der Waals surface area contributed by atoms with Gasteiger partial charge in [-0.3, -0.25) is 0 Å². The maximum absolute atomic E-state index is 9.75. The summed E-state index contributed by atoms with van der Waals surface area (Å²) in [6.07, 6.45) is 6.26. The molecule has 0 saturated heterocycles. The van der Waals surface area contributed by atoms with Crippen molar-refractivity contribution < 1.29 is 5.11 Å². The highest BCUT2D eigenvalue weighted by Gasteiger charge is 2.20. The van der Waals surface area contributed by atoms with Gasteiger partial charge in [0.25, 0.3) is 0 Å². The molecule has 18 heavy (non-hydrogen) atoms. The van der Waals surface area contributed by atoms with Crippen LogP contribution in [0.3, 0.4) is 0 Å². The van der Waals surface area contributed by atoms with Gasteiger partial charge in [-0.2, -0.15) is 0 Å². The molecule has 1 fully saturated rings. The number of aliphatic hydroxyl groups is 1. The van der Waals surface area contributed by atoms with E-state index in [1.54, 1.807) is 13.8 Å². The molecule has 0 unspecified atom stereocenters. The first kappa shape index (κ1) is 13.2. The lowest BCUT2D eigenvalue weighted by Crippen LogP contribution is -2.37. The second-order valence-electron chi connectivity index (χ2n) is 5.71. The third kappa shape index (κ3) is 4.23. The Balaban J connectivity index is 1.89. The molecule has 5 nitrogen and oxygen atoms in total. The Morgan fingerprint density at radius 3 is 2.50 bits per heavy atom. The molecule has 0 aromatic carbocycles. The number of hydrogen-bond acceptors (Lipinski definition) is 5. The molecule has 5 heteroatoms. The zero-order chi connectivity index (χ0) is 13.2. The molecule has 1 saturated carbocycles. The van der Waals surface area contributed by atoms with Gasteiger partial charge >= 0.3 is 0 Å². The number of likely N-dealkylation sites (N-methyl/N-ethyl adjacent to an activating group) is 1. The molecule has 100 valence electrons. The summed E-state index contributed by atoms with van der Waals surface area (Å²) in [5.74, 6) is 0.646. The molecule has 0 spiro atoms. The third-order valence-electron chi connectivity index (χ3n) is 2.83. The Morgan fingerprint density at radius 2 is 2.00 bits per heavy atom. The smallest absolute Gasteiger partial charge is 0.225 e. The lowest BCUT2D eigenvalue weighted by molar-refractivity contribution is 0.0883. The lowest BCUT2D eigenvalue weighted by atomic mass is 10.1. The molecule has 1 heterocycles. The van der Waals surface area contributed by atoms with Gasteiger partial charge < -0.3 is 15.3 Å². The quantitative estimate of drug-likeness (QED) is 0.786. The number of nitrogens with one attached hydrogen (secondary N) is 1. The first-order valence-electron chi connectivity index (χ1n) is 6.42. The van der Waals surface area contributed by atoms with Gasteiger partial charge in [-0.25, -0.2) is 9.97 Å². The van der Waals surface area contributed by atoms with Gasteiger partial charge in [-0.15, -0.1) is 0 Å². The molecular formula is C13H22N4O. The van der Waals surface area contributed by atoms with Crippen LogP contribution in [-0.4, -0.2) is 40.3 Å². The fourth-order valence-corrected chi connectivity index (χ4v) is 1.84.